The zero-order valence-corrected chi connectivity index (χ0v) is 24.9. The molecule has 0 spiro atoms. The van der Waals surface area contributed by atoms with Crippen molar-refractivity contribution in [3.63, 3.8) is 0 Å². The minimum atomic E-state index is -3.15. The van der Waals surface area contributed by atoms with Crippen molar-refractivity contribution in [3.05, 3.63) is 164 Å². The van der Waals surface area contributed by atoms with Crippen molar-refractivity contribution in [2.45, 2.75) is 0 Å². The van der Waals surface area contributed by atoms with Gasteiger partial charge in [0.25, 0.3) is 0 Å². The molecule has 0 amide bonds. The standard InChI is InChI=1S/C36H27AsO6/c1-4-16-28(17-5-1)38-31-22-10-13-25-34(31)41-37(42-35-26-14-11-23-32(35)39-29-18-6-2-7-19-29)43-36-27-15-12-24-33(36)40-30-20-8-3-9-21-30/h1-27H. The Bertz CT molecular complexity index is 1520. The molecule has 43 heavy (non-hydrogen) atoms. The molecule has 0 unspecified atom stereocenters. The first-order valence-corrected chi connectivity index (χ1v) is 15.9. The van der Waals surface area contributed by atoms with Gasteiger partial charge >= 0.3 is 257 Å². The van der Waals surface area contributed by atoms with Gasteiger partial charge in [-0.3, -0.25) is 0 Å². The summed E-state index contributed by atoms with van der Waals surface area (Å²) in [6.07, 6.45) is 0. The molecule has 0 radical (unpaired) electrons. The van der Waals surface area contributed by atoms with Crippen molar-refractivity contribution in [2.24, 2.45) is 0 Å². The summed E-state index contributed by atoms with van der Waals surface area (Å²) >= 11 is -3.15. The molecule has 6 aromatic carbocycles. The van der Waals surface area contributed by atoms with E-state index in [0.717, 1.165) is 0 Å². The molecule has 0 saturated heterocycles. The van der Waals surface area contributed by atoms with E-state index in [1.807, 2.05) is 164 Å². The first kappa shape index (κ1) is 27.8. The molecule has 0 aromatic heterocycles. The van der Waals surface area contributed by atoms with Crippen LogP contribution in [0.25, 0.3) is 0 Å². The molecule has 0 heterocycles. The number of hydrogen-bond donors (Lipinski definition) is 0. The Balaban J connectivity index is 1.32. The van der Waals surface area contributed by atoms with Crippen molar-refractivity contribution in [1.82, 2.24) is 0 Å². The Hall–Kier alpha value is -5.32. The molecule has 0 fully saturated rings. The molecular weight excluding hydrogens is 603 g/mol. The fourth-order valence-electron chi connectivity index (χ4n) is 3.97. The van der Waals surface area contributed by atoms with Crippen LogP contribution in [0.5, 0.6) is 51.7 Å². The summed E-state index contributed by atoms with van der Waals surface area (Å²) in [7, 11) is 0. The van der Waals surface area contributed by atoms with Crippen LogP contribution in [0.1, 0.15) is 0 Å². The number of para-hydroxylation sites is 9. The third-order valence-corrected chi connectivity index (χ3v) is 8.16. The summed E-state index contributed by atoms with van der Waals surface area (Å²) < 4.78 is 38.0. The van der Waals surface area contributed by atoms with E-state index in [1.165, 1.54) is 0 Å². The fraction of sp³-hybridized carbons (Fsp3) is 0. The van der Waals surface area contributed by atoms with Gasteiger partial charge in [-0.1, -0.05) is 0 Å². The van der Waals surface area contributed by atoms with Gasteiger partial charge in [-0.05, 0) is 0 Å². The Morgan fingerprint density at radius 3 is 0.767 bits per heavy atom. The van der Waals surface area contributed by atoms with Crippen LogP contribution in [-0.4, -0.2) is 15.7 Å². The van der Waals surface area contributed by atoms with Crippen molar-refractivity contribution in [3.8, 4) is 51.7 Å². The third-order valence-electron chi connectivity index (χ3n) is 5.98. The average Bonchev–Trinajstić information content (AvgIpc) is 3.05. The van der Waals surface area contributed by atoms with E-state index >= 15 is 0 Å². The monoisotopic (exact) mass is 630 g/mol. The molecular formula is C36H27AsO6. The van der Waals surface area contributed by atoms with E-state index in [0.29, 0.717) is 51.7 Å². The van der Waals surface area contributed by atoms with Crippen molar-refractivity contribution >= 4 is 15.7 Å². The van der Waals surface area contributed by atoms with Crippen LogP contribution in [0.15, 0.2) is 164 Å². The maximum absolute atomic E-state index is 6.50. The van der Waals surface area contributed by atoms with E-state index in [9.17, 15) is 0 Å². The molecule has 6 nitrogen and oxygen atoms in total. The molecule has 0 aliphatic heterocycles. The van der Waals surface area contributed by atoms with Crippen LogP contribution in [0.3, 0.4) is 0 Å². The topological polar surface area (TPSA) is 55.4 Å². The molecule has 212 valence electrons. The van der Waals surface area contributed by atoms with E-state index in [1.54, 1.807) is 0 Å². The van der Waals surface area contributed by atoms with Gasteiger partial charge in [0.2, 0.25) is 0 Å². The van der Waals surface area contributed by atoms with Gasteiger partial charge in [-0.2, -0.15) is 0 Å². The summed E-state index contributed by atoms with van der Waals surface area (Å²) in [6.45, 7) is 0. The van der Waals surface area contributed by atoms with E-state index in [4.69, 9.17) is 25.4 Å². The Labute approximate surface area is 255 Å². The van der Waals surface area contributed by atoms with Crippen LogP contribution in [0.2, 0.25) is 0 Å². The first-order chi connectivity index (χ1) is 21.3. The van der Waals surface area contributed by atoms with Gasteiger partial charge in [0.1, 0.15) is 0 Å². The SMILES string of the molecule is c1ccc(Oc2ccccc2O[As](Oc2ccccc2Oc2ccccc2)Oc2ccccc2Oc2ccccc2)cc1. The Kier molecular flexibility index (Phi) is 9.08. The van der Waals surface area contributed by atoms with Gasteiger partial charge in [0.15, 0.2) is 0 Å². The van der Waals surface area contributed by atoms with Crippen molar-refractivity contribution in [1.29, 1.82) is 0 Å². The summed E-state index contributed by atoms with van der Waals surface area (Å²) in [5, 5.41) is 0. The van der Waals surface area contributed by atoms with E-state index in [2.05, 4.69) is 0 Å². The van der Waals surface area contributed by atoms with Gasteiger partial charge in [0, 0.05) is 0 Å². The third kappa shape index (κ3) is 7.70. The van der Waals surface area contributed by atoms with Gasteiger partial charge in [0.05, 0.1) is 0 Å². The zero-order chi connectivity index (χ0) is 29.1. The molecule has 0 N–H and O–H groups in total. The quantitative estimate of drug-likeness (QED) is 0.126. The molecule has 0 saturated carbocycles. The average molecular weight is 631 g/mol. The van der Waals surface area contributed by atoms with Crippen LogP contribution in [-0.2, 0) is 0 Å². The summed E-state index contributed by atoms with van der Waals surface area (Å²) in [4.78, 5) is 0. The van der Waals surface area contributed by atoms with Gasteiger partial charge in [-0.15, -0.1) is 0 Å². The molecule has 0 atom stereocenters. The van der Waals surface area contributed by atoms with Crippen LogP contribution in [0, 0.1) is 0 Å². The molecule has 0 aliphatic carbocycles. The number of ether oxygens (including phenoxy) is 3. The predicted octanol–water partition coefficient (Wildman–Crippen LogP) is 9.59. The second kappa shape index (κ2) is 14.0. The predicted molar refractivity (Wildman–Crippen MR) is 167 cm³/mol. The number of rotatable bonds is 12. The fourth-order valence-corrected chi connectivity index (χ4v) is 6.17. The normalized spacial score (nSPS) is 10.5. The van der Waals surface area contributed by atoms with Crippen LogP contribution < -0.4 is 25.4 Å². The summed E-state index contributed by atoms with van der Waals surface area (Å²) in [5.74, 6) is 5.08. The minimum absolute atomic E-state index is 0.481. The summed E-state index contributed by atoms with van der Waals surface area (Å²) in [6, 6.07) is 50.9. The zero-order valence-electron chi connectivity index (χ0n) is 23.0. The van der Waals surface area contributed by atoms with Crippen LogP contribution >= 0.6 is 0 Å². The molecule has 6 rings (SSSR count). The van der Waals surface area contributed by atoms with Crippen molar-refractivity contribution < 1.29 is 25.4 Å². The van der Waals surface area contributed by atoms with E-state index < -0.39 is 15.7 Å². The Morgan fingerprint density at radius 1 is 0.256 bits per heavy atom. The summed E-state index contributed by atoms with van der Waals surface area (Å²) in [5.41, 5.74) is 0. The van der Waals surface area contributed by atoms with Gasteiger partial charge < -0.3 is 0 Å². The number of hydrogen-bond acceptors (Lipinski definition) is 6. The number of benzene rings is 6. The molecule has 0 aliphatic rings. The molecule has 6 aromatic rings. The first-order valence-electron chi connectivity index (χ1n) is 13.6. The maximum atomic E-state index is 6.50. The molecule has 0 bridgehead atoms. The van der Waals surface area contributed by atoms with E-state index in [-0.39, 0.29) is 0 Å². The second-order valence-corrected chi connectivity index (χ2v) is 11.2. The molecule has 7 heteroatoms. The van der Waals surface area contributed by atoms with Crippen LogP contribution in [0.4, 0.5) is 0 Å². The second-order valence-electron chi connectivity index (χ2n) is 9.08. The van der Waals surface area contributed by atoms with Crippen molar-refractivity contribution in [2.75, 3.05) is 0 Å². The van der Waals surface area contributed by atoms with Gasteiger partial charge in [-0.25, -0.2) is 0 Å². The Morgan fingerprint density at radius 2 is 0.488 bits per heavy atom.